The maximum atomic E-state index is 6.70. The van der Waals surface area contributed by atoms with Gasteiger partial charge in [0.25, 0.3) is 0 Å². The highest BCUT2D eigenvalue weighted by atomic mass is 16.3. The first-order chi connectivity index (χ1) is 26.7. The van der Waals surface area contributed by atoms with Crippen molar-refractivity contribution in [2.24, 2.45) is 0 Å². The SMILES string of the molecule is c1ccc(-c2nc(-c3ccc(-c4cc5cccc(-c6ccccc6)c5c5oc6ccccc6c45)cc3)nc(-c3ccc4c(c3)oc3ccccc34)n2)cc1. The van der Waals surface area contributed by atoms with Crippen LogP contribution >= 0.6 is 0 Å². The third-order valence-electron chi connectivity index (χ3n) is 10.3. The van der Waals surface area contributed by atoms with Gasteiger partial charge in [0.05, 0.1) is 0 Å². The molecule has 0 atom stereocenters. The van der Waals surface area contributed by atoms with Crippen LogP contribution in [0.4, 0.5) is 0 Å². The molecule has 3 heterocycles. The van der Waals surface area contributed by atoms with Crippen molar-refractivity contribution in [2.45, 2.75) is 0 Å². The normalized spacial score (nSPS) is 11.7. The standard InChI is InChI=1S/C49H29N3O2/c1-3-12-30(13-4-1)36-19-11-16-34-28-40(45-39-18-8-10-21-42(39)54-46(45)44(34)36)31-22-24-33(25-23-31)48-50-47(32-14-5-2-6-15-32)51-49(52-48)35-26-27-38-37-17-7-9-20-41(37)53-43(38)29-35/h1-29H. The summed E-state index contributed by atoms with van der Waals surface area (Å²) >= 11 is 0. The van der Waals surface area contributed by atoms with Crippen molar-refractivity contribution in [1.29, 1.82) is 0 Å². The fourth-order valence-electron chi connectivity index (χ4n) is 7.76. The summed E-state index contributed by atoms with van der Waals surface area (Å²) in [6, 6.07) is 60.4. The van der Waals surface area contributed by atoms with Gasteiger partial charge in [0, 0.05) is 43.6 Å². The first kappa shape index (κ1) is 30.3. The van der Waals surface area contributed by atoms with Crippen LogP contribution < -0.4 is 0 Å². The van der Waals surface area contributed by atoms with Crippen LogP contribution in [0.5, 0.6) is 0 Å². The molecule has 0 aliphatic rings. The second-order valence-corrected chi connectivity index (χ2v) is 13.6. The molecule has 11 aromatic rings. The van der Waals surface area contributed by atoms with Crippen molar-refractivity contribution in [2.75, 3.05) is 0 Å². The summed E-state index contributed by atoms with van der Waals surface area (Å²) in [5, 5.41) is 6.58. The molecule has 0 saturated heterocycles. The minimum Gasteiger partial charge on any atom is -0.456 e. The Morgan fingerprint density at radius 1 is 0.315 bits per heavy atom. The summed E-state index contributed by atoms with van der Waals surface area (Å²) in [6.45, 7) is 0. The average molecular weight is 692 g/mol. The minimum absolute atomic E-state index is 0.584. The molecule has 0 aliphatic carbocycles. The molecule has 252 valence electrons. The Bertz CT molecular complexity index is 3200. The summed E-state index contributed by atoms with van der Waals surface area (Å²) in [7, 11) is 0. The number of nitrogens with zero attached hydrogens (tertiary/aromatic N) is 3. The zero-order valence-electron chi connectivity index (χ0n) is 28.9. The van der Waals surface area contributed by atoms with E-state index in [2.05, 4.69) is 109 Å². The Hall–Kier alpha value is -7.37. The Morgan fingerprint density at radius 2 is 0.852 bits per heavy atom. The smallest absolute Gasteiger partial charge is 0.164 e. The van der Waals surface area contributed by atoms with E-state index >= 15 is 0 Å². The van der Waals surface area contributed by atoms with Crippen LogP contribution in [-0.2, 0) is 0 Å². The van der Waals surface area contributed by atoms with E-state index in [1.807, 2.05) is 66.7 Å². The van der Waals surface area contributed by atoms with Gasteiger partial charge in [-0.2, -0.15) is 0 Å². The number of furan rings is 2. The van der Waals surface area contributed by atoms with Gasteiger partial charge in [-0.15, -0.1) is 0 Å². The van der Waals surface area contributed by atoms with E-state index in [0.717, 1.165) is 93.6 Å². The highest BCUT2D eigenvalue weighted by Gasteiger charge is 2.20. The van der Waals surface area contributed by atoms with Crippen molar-refractivity contribution in [3.8, 4) is 56.4 Å². The summed E-state index contributed by atoms with van der Waals surface area (Å²) in [5.41, 5.74) is 10.6. The number of benzene rings is 8. The zero-order valence-corrected chi connectivity index (χ0v) is 28.9. The zero-order chi connectivity index (χ0) is 35.6. The lowest BCUT2D eigenvalue weighted by Gasteiger charge is -2.12. The number of para-hydroxylation sites is 2. The third-order valence-corrected chi connectivity index (χ3v) is 10.3. The molecule has 0 bridgehead atoms. The van der Waals surface area contributed by atoms with Crippen molar-refractivity contribution in [3.05, 3.63) is 176 Å². The van der Waals surface area contributed by atoms with E-state index in [9.17, 15) is 0 Å². The number of fused-ring (bicyclic) bond motifs is 8. The van der Waals surface area contributed by atoms with Gasteiger partial charge in [-0.1, -0.05) is 146 Å². The first-order valence-electron chi connectivity index (χ1n) is 18.0. The predicted molar refractivity (Wildman–Crippen MR) is 219 cm³/mol. The molecule has 0 fully saturated rings. The molecular formula is C49H29N3O2. The Labute approximate surface area is 309 Å². The highest BCUT2D eigenvalue weighted by Crippen LogP contribution is 2.44. The van der Waals surface area contributed by atoms with E-state index < -0.39 is 0 Å². The summed E-state index contributed by atoms with van der Waals surface area (Å²) < 4.78 is 12.9. The molecule has 5 heteroatoms. The molecule has 3 aromatic heterocycles. The van der Waals surface area contributed by atoms with Crippen LogP contribution in [0.25, 0.3) is 111 Å². The maximum absolute atomic E-state index is 6.70. The van der Waals surface area contributed by atoms with E-state index in [-0.39, 0.29) is 0 Å². The Morgan fingerprint density at radius 3 is 1.59 bits per heavy atom. The topological polar surface area (TPSA) is 65.0 Å². The van der Waals surface area contributed by atoms with Crippen molar-refractivity contribution < 1.29 is 8.83 Å². The number of hydrogen-bond acceptors (Lipinski definition) is 5. The molecule has 0 radical (unpaired) electrons. The first-order valence-corrected chi connectivity index (χ1v) is 18.0. The highest BCUT2D eigenvalue weighted by molar-refractivity contribution is 6.24. The number of rotatable bonds is 5. The summed E-state index contributed by atoms with van der Waals surface area (Å²) in [4.78, 5) is 15.0. The lowest BCUT2D eigenvalue weighted by molar-refractivity contribution is 0.669. The van der Waals surface area contributed by atoms with Crippen molar-refractivity contribution in [1.82, 2.24) is 15.0 Å². The predicted octanol–water partition coefficient (Wildman–Crippen LogP) is 13.2. The van der Waals surface area contributed by atoms with Crippen LogP contribution in [0.15, 0.2) is 185 Å². The van der Waals surface area contributed by atoms with Crippen LogP contribution in [-0.4, -0.2) is 15.0 Å². The molecule has 0 saturated carbocycles. The molecule has 0 unspecified atom stereocenters. The molecule has 54 heavy (non-hydrogen) atoms. The van der Waals surface area contributed by atoms with Gasteiger partial charge >= 0.3 is 0 Å². The molecule has 11 rings (SSSR count). The van der Waals surface area contributed by atoms with Gasteiger partial charge in [0.2, 0.25) is 0 Å². The molecule has 8 aromatic carbocycles. The summed E-state index contributed by atoms with van der Waals surface area (Å²) in [6.07, 6.45) is 0. The van der Waals surface area contributed by atoms with Gasteiger partial charge in [-0.05, 0) is 58.0 Å². The lowest BCUT2D eigenvalue weighted by atomic mass is 9.91. The van der Waals surface area contributed by atoms with Gasteiger partial charge in [0.1, 0.15) is 22.3 Å². The molecule has 0 N–H and O–H groups in total. The summed E-state index contributed by atoms with van der Waals surface area (Å²) in [5.74, 6) is 1.79. The number of hydrogen-bond donors (Lipinski definition) is 0. The monoisotopic (exact) mass is 691 g/mol. The fraction of sp³-hybridized carbons (Fsp3) is 0. The largest absolute Gasteiger partial charge is 0.456 e. The second-order valence-electron chi connectivity index (χ2n) is 13.6. The minimum atomic E-state index is 0.584. The van der Waals surface area contributed by atoms with E-state index in [4.69, 9.17) is 23.8 Å². The van der Waals surface area contributed by atoms with E-state index in [0.29, 0.717) is 17.5 Å². The van der Waals surface area contributed by atoms with Crippen molar-refractivity contribution >= 4 is 54.6 Å². The molecule has 0 aliphatic heterocycles. The van der Waals surface area contributed by atoms with Gasteiger partial charge < -0.3 is 8.83 Å². The van der Waals surface area contributed by atoms with Gasteiger partial charge in [-0.3, -0.25) is 0 Å². The van der Waals surface area contributed by atoms with Gasteiger partial charge in [-0.25, -0.2) is 15.0 Å². The average Bonchev–Trinajstić information content (AvgIpc) is 3.82. The Kier molecular flexibility index (Phi) is 6.79. The van der Waals surface area contributed by atoms with Crippen LogP contribution in [0, 0.1) is 0 Å². The third kappa shape index (κ3) is 4.90. The van der Waals surface area contributed by atoms with Crippen LogP contribution in [0.1, 0.15) is 0 Å². The molecule has 0 spiro atoms. The fourth-order valence-corrected chi connectivity index (χ4v) is 7.76. The quantitative estimate of drug-likeness (QED) is 0.180. The molecule has 0 amide bonds. The van der Waals surface area contributed by atoms with E-state index in [1.165, 1.54) is 0 Å². The van der Waals surface area contributed by atoms with Gasteiger partial charge in [0.15, 0.2) is 17.5 Å². The lowest BCUT2D eigenvalue weighted by Crippen LogP contribution is -2.00. The Balaban J connectivity index is 1.06. The van der Waals surface area contributed by atoms with Crippen LogP contribution in [0.3, 0.4) is 0 Å². The molecular weight excluding hydrogens is 663 g/mol. The van der Waals surface area contributed by atoms with E-state index in [1.54, 1.807) is 0 Å². The maximum Gasteiger partial charge on any atom is 0.164 e. The molecule has 5 nitrogen and oxygen atoms in total. The number of aromatic nitrogens is 3. The second kappa shape index (κ2) is 12.1. The van der Waals surface area contributed by atoms with Crippen LogP contribution in [0.2, 0.25) is 0 Å². The van der Waals surface area contributed by atoms with Crippen molar-refractivity contribution in [3.63, 3.8) is 0 Å².